The van der Waals surface area contributed by atoms with Crippen LogP contribution in [0.5, 0.6) is 11.5 Å². The lowest BCUT2D eigenvalue weighted by Crippen LogP contribution is -2.23. The maximum Gasteiger partial charge on any atom is 0.342 e. The number of hydrogen-bond donors (Lipinski definition) is 1. The van der Waals surface area contributed by atoms with Gasteiger partial charge in [0.1, 0.15) is 18.8 Å². The minimum Gasteiger partial charge on any atom is -0.485 e. The Bertz CT molecular complexity index is 2220. The summed E-state index contributed by atoms with van der Waals surface area (Å²) in [7, 11) is 0. The van der Waals surface area contributed by atoms with E-state index in [-0.39, 0.29) is 5.63 Å². The van der Waals surface area contributed by atoms with Crippen molar-refractivity contribution < 1.29 is 13.9 Å². The largest absolute Gasteiger partial charge is 0.485 e. The van der Waals surface area contributed by atoms with Gasteiger partial charge >= 0.3 is 5.63 Å². The molecule has 5 nitrogen and oxygen atoms in total. The fourth-order valence-corrected chi connectivity index (χ4v) is 6.30. The second-order valence-electron chi connectivity index (χ2n) is 11.2. The van der Waals surface area contributed by atoms with Crippen molar-refractivity contribution in [1.29, 1.82) is 0 Å². The highest BCUT2D eigenvalue weighted by Gasteiger charge is 2.34. The third kappa shape index (κ3) is 4.98. The molecule has 0 saturated heterocycles. The molecule has 0 saturated carbocycles. The predicted octanol–water partition coefficient (Wildman–Crippen LogP) is 9.34. The maximum absolute atomic E-state index is 13.9. The van der Waals surface area contributed by atoms with Gasteiger partial charge in [-0.05, 0) is 63.4 Å². The second kappa shape index (κ2) is 11.4. The summed E-state index contributed by atoms with van der Waals surface area (Å²) in [5.41, 5.74) is 6.53. The Balaban J connectivity index is 1.31. The average Bonchev–Trinajstić information content (AvgIpc) is 3.10. The molecule has 0 spiro atoms. The van der Waals surface area contributed by atoms with Crippen molar-refractivity contribution in [3.05, 3.63) is 178 Å². The van der Waals surface area contributed by atoms with Gasteiger partial charge in [-0.2, -0.15) is 0 Å². The summed E-state index contributed by atoms with van der Waals surface area (Å²) in [6.45, 7) is 0.780. The number of nitrogens with one attached hydrogen (secondary N) is 1. The van der Waals surface area contributed by atoms with E-state index in [4.69, 9.17) is 13.9 Å². The van der Waals surface area contributed by atoms with Gasteiger partial charge in [-0.25, -0.2) is 4.79 Å². The third-order valence-electron chi connectivity index (χ3n) is 8.43. The highest BCUT2D eigenvalue weighted by atomic mass is 16.5. The SMILES string of the molecule is O=c1oc2ccccc2c2c1C(c1ccc(OCc3ccccc3)c(OCc3ccccc3)c1)c1c(ccc3ccccc13)N2. The smallest absolute Gasteiger partial charge is 0.342 e. The van der Waals surface area contributed by atoms with Crippen LogP contribution in [-0.2, 0) is 13.2 Å². The van der Waals surface area contributed by atoms with Crippen LogP contribution in [-0.4, -0.2) is 0 Å². The molecule has 2 heterocycles. The molecule has 1 unspecified atom stereocenters. The van der Waals surface area contributed by atoms with E-state index >= 15 is 0 Å². The number of benzene rings is 6. The molecule has 45 heavy (non-hydrogen) atoms. The van der Waals surface area contributed by atoms with Crippen LogP contribution in [0.15, 0.2) is 149 Å². The summed E-state index contributed by atoms with van der Waals surface area (Å²) in [5.74, 6) is 0.834. The molecular formula is C40H29NO4. The van der Waals surface area contributed by atoms with Gasteiger partial charge in [-0.15, -0.1) is 0 Å². The van der Waals surface area contributed by atoms with E-state index in [1.54, 1.807) is 0 Å². The van der Waals surface area contributed by atoms with Crippen molar-refractivity contribution in [3.63, 3.8) is 0 Å². The Morgan fingerprint density at radius 2 is 1.24 bits per heavy atom. The zero-order valence-corrected chi connectivity index (χ0v) is 24.4. The van der Waals surface area contributed by atoms with Crippen LogP contribution in [0.3, 0.4) is 0 Å². The van der Waals surface area contributed by atoms with Crippen LogP contribution >= 0.6 is 0 Å². The predicted molar refractivity (Wildman–Crippen MR) is 179 cm³/mol. The van der Waals surface area contributed by atoms with Crippen molar-refractivity contribution >= 4 is 33.1 Å². The van der Waals surface area contributed by atoms with Crippen LogP contribution < -0.4 is 20.4 Å². The maximum atomic E-state index is 13.9. The fraction of sp³-hybridized carbons (Fsp3) is 0.0750. The molecule has 0 amide bonds. The highest BCUT2D eigenvalue weighted by Crippen LogP contribution is 2.49. The third-order valence-corrected chi connectivity index (χ3v) is 8.43. The van der Waals surface area contributed by atoms with Crippen molar-refractivity contribution in [3.8, 4) is 11.5 Å². The van der Waals surface area contributed by atoms with Crippen LogP contribution in [0.4, 0.5) is 11.4 Å². The highest BCUT2D eigenvalue weighted by molar-refractivity contribution is 6.00. The first-order chi connectivity index (χ1) is 22.2. The Kier molecular flexibility index (Phi) is 6.76. The quantitative estimate of drug-likeness (QED) is 0.188. The van der Waals surface area contributed by atoms with Gasteiger partial charge in [-0.1, -0.05) is 109 Å². The lowest BCUT2D eigenvalue weighted by molar-refractivity contribution is 0.255. The van der Waals surface area contributed by atoms with Crippen molar-refractivity contribution in [2.75, 3.05) is 5.32 Å². The Hall–Kier alpha value is -5.81. The van der Waals surface area contributed by atoms with Gasteiger partial charge < -0.3 is 19.2 Å². The topological polar surface area (TPSA) is 60.7 Å². The lowest BCUT2D eigenvalue weighted by Gasteiger charge is -2.31. The van der Waals surface area contributed by atoms with E-state index in [1.807, 2.05) is 115 Å². The molecule has 1 aliphatic rings. The molecule has 1 aromatic heterocycles. The minimum atomic E-state index is -0.412. The van der Waals surface area contributed by atoms with Crippen molar-refractivity contribution in [1.82, 2.24) is 0 Å². The molecule has 8 rings (SSSR count). The minimum absolute atomic E-state index is 0.365. The number of hydrogen-bond acceptors (Lipinski definition) is 5. The Labute approximate surface area is 260 Å². The van der Waals surface area contributed by atoms with Gasteiger partial charge in [0.25, 0.3) is 0 Å². The van der Waals surface area contributed by atoms with Gasteiger partial charge in [0.05, 0.1) is 11.3 Å². The van der Waals surface area contributed by atoms with E-state index in [9.17, 15) is 4.79 Å². The van der Waals surface area contributed by atoms with E-state index in [0.29, 0.717) is 35.9 Å². The zero-order chi connectivity index (χ0) is 30.2. The summed E-state index contributed by atoms with van der Waals surface area (Å²) in [6, 6.07) is 46.3. The van der Waals surface area contributed by atoms with Crippen LogP contribution in [0.1, 0.15) is 33.7 Å². The molecule has 0 radical (unpaired) electrons. The summed E-state index contributed by atoms with van der Waals surface area (Å²) < 4.78 is 18.7. The molecule has 0 bridgehead atoms. The first kappa shape index (κ1) is 26.8. The van der Waals surface area contributed by atoms with E-state index in [1.165, 1.54) is 0 Å². The monoisotopic (exact) mass is 587 g/mol. The van der Waals surface area contributed by atoms with E-state index < -0.39 is 5.92 Å². The second-order valence-corrected chi connectivity index (χ2v) is 11.2. The number of ether oxygens (including phenoxy) is 2. The standard InChI is InChI=1S/C40H29NO4/c42-40-38-36(37-30-16-8-7-15-28(30)19-21-32(37)41-39(38)31-17-9-10-18-33(31)45-40)29-20-22-34(43-24-26-11-3-1-4-12-26)35(23-29)44-25-27-13-5-2-6-14-27/h1-23,36,41H,24-25H2. The molecule has 1 atom stereocenters. The van der Waals surface area contributed by atoms with Gasteiger partial charge in [0.15, 0.2) is 11.5 Å². The summed E-state index contributed by atoms with van der Waals surface area (Å²) in [6.07, 6.45) is 0. The number of rotatable bonds is 7. The molecule has 6 aromatic carbocycles. The van der Waals surface area contributed by atoms with Crippen molar-refractivity contribution in [2.24, 2.45) is 0 Å². The van der Waals surface area contributed by atoms with Crippen molar-refractivity contribution in [2.45, 2.75) is 19.1 Å². The number of fused-ring (bicyclic) bond motifs is 6. The average molecular weight is 588 g/mol. The lowest BCUT2D eigenvalue weighted by atomic mass is 9.79. The molecule has 1 N–H and O–H groups in total. The summed E-state index contributed by atoms with van der Waals surface area (Å²) in [4.78, 5) is 13.9. The Morgan fingerprint density at radius 1 is 0.600 bits per heavy atom. The molecule has 0 aliphatic carbocycles. The van der Waals surface area contributed by atoms with Crippen LogP contribution in [0.25, 0.3) is 21.7 Å². The van der Waals surface area contributed by atoms with Gasteiger partial charge in [0, 0.05) is 17.0 Å². The van der Waals surface area contributed by atoms with Gasteiger partial charge in [-0.3, -0.25) is 0 Å². The molecule has 1 aliphatic heterocycles. The Morgan fingerprint density at radius 3 is 2.00 bits per heavy atom. The molecule has 0 fully saturated rings. The first-order valence-electron chi connectivity index (χ1n) is 15.0. The normalized spacial score (nSPS) is 13.6. The zero-order valence-electron chi connectivity index (χ0n) is 24.4. The van der Waals surface area contributed by atoms with E-state index in [2.05, 4.69) is 29.6 Å². The fourth-order valence-electron chi connectivity index (χ4n) is 6.30. The first-order valence-corrected chi connectivity index (χ1v) is 15.0. The molecule has 5 heteroatoms. The summed E-state index contributed by atoms with van der Waals surface area (Å²) in [5, 5.41) is 6.64. The summed E-state index contributed by atoms with van der Waals surface area (Å²) >= 11 is 0. The number of anilines is 2. The molecule has 7 aromatic rings. The van der Waals surface area contributed by atoms with Crippen LogP contribution in [0, 0.1) is 0 Å². The molecular weight excluding hydrogens is 558 g/mol. The molecule has 218 valence electrons. The van der Waals surface area contributed by atoms with Gasteiger partial charge in [0.2, 0.25) is 0 Å². The van der Waals surface area contributed by atoms with E-state index in [0.717, 1.165) is 49.8 Å². The van der Waals surface area contributed by atoms with Crippen LogP contribution in [0.2, 0.25) is 0 Å². The number of para-hydroxylation sites is 1.